The first-order valence-electron chi connectivity index (χ1n) is 13.2. The average molecular weight is 627 g/mol. The molecule has 5 rings (SSSR count). The van der Waals surface area contributed by atoms with E-state index in [0.717, 1.165) is 24.3 Å². The molecule has 1 aromatic heterocycles. The van der Waals surface area contributed by atoms with Crippen molar-refractivity contribution in [2.45, 2.75) is 61.4 Å². The lowest BCUT2D eigenvalue weighted by Gasteiger charge is -2.42. The van der Waals surface area contributed by atoms with Gasteiger partial charge in [0.2, 0.25) is 17.5 Å². The van der Waals surface area contributed by atoms with Crippen LogP contribution in [0.5, 0.6) is 28.7 Å². The first-order valence-corrected chi connectivity index (χ1v) is 13.2. The molecule has 3 aromatic rings. The Morgan fingerprint density at radius 2 is 1.34 bits per heavy atom. The van der Waals surface area contributed by atoms with Crippen LogP contribution < -0.4 is 10.2 Å². The molecule has 0 aliphatic carbocycles. The number of hydrogen-bond donors (Lipinski definition) is 11. The van der Waals surface area contributed by atoms with E-state index in [1.54, 1.807) is 0 Å². The molecule has 3 heterocycles. The fourth-order valence-electron chi connectivity index (χ4n) is 4.87. The van der Waals surface area contributed by atoms with E-state index in [2.05, 4.69) is 0 Å². The van der Waals surface area contributed by atoms with Crippen LogP contribution in [0.4, 0.5) is 0 Å². The normalized spacial score (nSPS) is 32.5. The number of ether oxygens (including phenoxy) is 4. The zero-order chi connectivity index (χ0) is 32.0. The van der Waals surface area contributed by atoms with E-state index < -0.39 is 114 Å². The summed E-state index contributed by atoms with van der Waals surface area (Å²) in [5.74, 6) is -3.36. The van der Waals surface area contributed by atoms with Crippen LogP contribution in [0, 0.1) is 0 Å². The maximum absolute atomic E-state index is 12.8. The molecule has 10 atom stereocenters. The Balaban J connectivity index is 1.38. The van der Waals surface area contributed by atoms with E-state index in [1.807, 2.05) is 0 Å². The van der Waals surface area contributed by atoms with Gasteiger partial charge in [0.1, 0.15) is 71.3 Å². The second-order valence-electron chi connectivity index (χ2n) is 10.3. The van der Waals surface area contributed by atoms with Gasteiger partial charge in [-0.25, -0.2) is 0 Å². The first-order chi connectivity index (χ1) is 20.8. The first kappa shape index (κ1) is 31.7. The van der Waals surface area contributed by atoms with Gasteiger partial charge in [-0.1, -0.05) is 0 Å². The van der Waals surface area contributed by atoms with Crippen molar-refractivity contribution in [3.63, 3.8) is 0 Å². The number of aliphatic hydroxyl groups is 7. The van der Waals surface area contributed by atoms with Crippen LogP contribution in [-0.2, 0) is 14.2 Å². The molecule has 240 valence electrons. The second-order valence-corrected chi connectivity index (χ2v) is 10.3. The number of hydrogen-bond acceptors (Lipinski definition) is 17. The number of phenols is 3. The molecule has 2 aliphatic heterocycles. The summed E-state index contributed by atoms with van der Waals surface area (Å²) in [5.41, 5.74) is -1.37. The predicted octanol–water partition coefficient (Wildman–Crippen LogP) is -2.71. The average Bonchev–Trinajstić information content (AvgIpc) is 2.99. The molecule has 0 amide bonds. The molecule has 2 fully saturated rings. The lowest BCUT2D eigenvalue weighted by atomic mass is 9.98. The molecular formula is C27H30O17. The predicted molar refractivity (Wildman–Crippen MR) is 142 cm³/mol. The molecular weight excluding hydrogens is 596 g/mol. The van der Waals surface area contributed by atoms with Crippen LogP contribution in [0.25, 0.3) is 22.3 Å². The summed E-state index contributed by atoms with van der Waals surface area (Å²) in [5, 5.41) is 111. The molecule has 44 heavy (non-hydrogen) atoms. The van der Waals surface area contributed by atoms with E-state index in [9.17, 15) is 61.0 Å². The minimum atomic E-state index is -1.87. The summed E-state index contributed by atoms with van der Waals surface area (Å²) in [6.07, 6.45) is -16.7. The van der Waals surface area contributed by atoms with Gasteiger partial charge in [-0.2, -0.15) is 0 Å². The van der Waals surface area contributed by atoms with Gasteiger partial charge in [-0.3, -0.25) is 4.79 Å². The van der Waals surface area contributed by atoms with Crippen molar-refractivity contribution in [1.82, 2.24) is 0 Å². The number of benzene rings is 2. The quantitative estimate of drug-likeness (QED) is 0.119. The molecule has 2 aliphatic rings. The Kier molecular flexibility index (Phi) is 8.87. The van der Waals surface area contributed by atoms with Crippen molar-refractivity contribution >= 4 is 11.0 Å². The SMILES string of the molecule is O=c1c(O)c(-c2ccc(O)c(O)c2)oc2cc(O[C@@H]3O[C@H](CO[C@@H]4O[C@H](CO)[C@@H](O)[C@H](O)[C@H]4O)[C@@H](O)[C@H](O)[C@H]3O)cc(O)c12. The van der Waals surface area contributed by atoms with E-state index in [0.29, 0.717) is 0 Å². The molecule has 0 radical (unpaired) electrons. The number of fused-ring (bicyclic) bond motifs is 1. The van der Waals surface area contributed by atoms with Gasteiger partial charge in [0.25, 0.3) is 0 Å². The topological polar surface area (TPSA) is 290 Å². The Morgan fingerprint density at radius 1 is 0.705 bits per heavy atom. The van der Waals surface area contributed by atoms with Gasteiger partial charge in [0.15, 0.2) is 23.5 Å². The maximum Gasteiger partial charge on any atom is 0.238 e. The molecule has 2 aromatic carbocycles. The van der Waals surface area contributed by atoms with Gasteiger partial charge >= 0.3 is 0 Å². The third kappa shape index (κ3) is 5.73. The van der Waals surface area contributed by atoms with Crippen molar-refractivity contribution in [1.29, 1.82) is 0 Å². The Morgan fingerprint density at radius 3 is 2.00 bits per heavy atom. The lowest BCUT2D eigenvalue weighted by Crippen LogP contribution is -2.62. The third-order valence-electron chi connectivity index (χ3n) is 7.36. The third-order valence-corrected chi connectivity index (χ3v) is 7.36. The van der Waals surface area contributed by atoms with Gasteiger partial charge in [-0.05, 0) is 18.2 Å². The molecule has 0 bridgehead atoms. The highest BCUT2D eigenvalue weighted by Gasteiger charge is 2.48. The Hall–Kier alpha value is -3.75. The van der Waals surface area contributed by atoms with Gasteiger partial charge in [0.05, 0.1) is 13.2 Å². The molecule has 0 saturated carbocycles. The minimum absolute atomic E-state index is 0.00648. The van der Waals surface area contributed by atoms with Crippen LogP contribution in [0.15, 0.2) is 39.5 Å². The summed E-state index contributed by atoms with van der Waals surface area (Å²) >= 11 is 0. The molecule has 11 N–H and O–H groups in total. The highest BCUT2D eigenvalue weighted by Crippen LogP contribution is 2.38. The van der Waals surface area contributed by atoms with Gasteiger partial charge < -0.3 is 79.5 Å². The Labute approximate surface area is 246 Å². The molecule has 2 saturated heterocycles. The van der Waals surface area contributed by atoms with Crippen molar-refractivity contribution < 1.29 is 79.5 Å². The van der Waals surface area contributed by atoms with Gasteiger partial charge in [-0.15, -0.1) is 0 Å². The van der Waals surface area contributed by atoms with E-state index in [4.69, 9.17) is 23.4 Å². The fourth-order valence-corrected chi connectivity index (χ4v) is 4.87. The number of phenolic OH excluding ortho intramolecular Hbond substituents is 3. The zero-order valence-corrected chi connectivity index (χ0v) is 22.4. The molecule has 17 heteroatoms. The summed E-state index contributed by atoms with van der Waals surface area (Å²) in [4.78, 5) is 12.8. The van der Waals surface area contributed by atoms with Crippen molar-refractivity contribution in [2.75, 3.05) is 13.2 Å². The monoisotopic (exact) mass is 626 g/mol. The maximum atomic E-state index is 12.8. The van der Waals surface area contributed by atoms with E-state index in [1.165, 1.54) is 6.07 Å². The summed E-state index contributed by atoms with van der Waals surface area (Å²) in [6, 6.07) is 5.36. The number of rotatable bonds is 7. The largest absolute Gasteiger partial charge is 0.507 e. The zero-order valence-electron chi connectivity index (χ0n) is 22.4. The standard InChI is InChI=1S/C27H30O17/c28-6-14-17(32)20(35)23(38)26(43-14)40-7-15-18(33)21(36)24(39)27(44-15)41-9-4-12(31)16-13(5-9)42-25(22(37)19(16)34)8-1-2-10(29)11(30)3-8/h1-5,14-15,17-18,20-21,23-24,26-33,35-39H,6-7H2/t14-,15-,17-,18-,20+,21+,23-,24-,26-,27-/m1/s1. The minimum Gasteiger partial charge on any atom is -0.507 e. The van der Waals surface area contributed by atoms with Crippen LogP contribution in [0.1, 0.15) is 0 Å². The van der Waals surface area contributed by atoms with Crippen molar-refractivity contribution in [2.24, 2.45) is 0 Å². The molecule has 17 nitrogen and oxygen atoms in total. The molecule has 0 spiro atoms. The van der Waals surface area contributed by atoms with Crippen LogP contribution in [0.3, 0.4) is 0 Å². The van der Waals surface area contributed by atoms with E-state index in [-0.39, 0.29) is 16.9 Å². The summed E-state index contributed by atoms with van der Waals surface area (Å²) in [6.45, 7) is -1.33. The molecule has 0 unspecified atom stereocenters. The number of aliphatic hydroxyl groups excluding tert-OH is 7. The van der Waals surface area contributed by atoms with Crippen molar-refractivity contribution in [3.8, 4) is 40.1 Å². The number of aromatic hydroxyl groups is 4. The highest BCUT2D eigenvalue weighted by molar-refractivity contribution is 5.88. The van der Waals surface area contributed by atoms with Crippen molar-refractivity contribution in [3.05, 3.63) is 40.6 Å². The highest BCUT2D eigenvalue weighted by atomic mass is 16.7. The second kappa shape index (κ2) is 12.3. The summed E-state index contributed by atoms with van der Waals surface area (Å²) in [7, 11) is 0. The lowest BCUT2D eigenvalue weighted by molar-refractivity contribution is -0.323. The Bertz CT molecular complexity index is 1560. The smallest absolute Gasteiger partial charge is 0.238 e. The fraction of sp³-hybridized carbons (Fsp3) is 0.444. The van der Waals surface area contributed by atoms with Crippen LogP contribution >= 0.6 is 0 Å². The van der Waals surface area contributed by atoms with Crippen LogP contribution in [0.2, 0.25) is 0 Å². The summed E-state index contributed by atoms with van der Waals surface area (Å²) < 4.78 is 27.4. The van der Waals surface area contributed by atoms with Gasteiger partial charge in [0, 0.05) is 17.7 Å². The van der Waals surface area contributed by atoms with E-state index >= 15 is 0 Å². The van der Waals surface area contributed by atoms with Crippen LogP contribution in [-0.4, -0.2) is 131 Å².